The van der Waals surface area contributed by atoms with Crippen molar-refractivity contribution in [3.63, 3.8) is 0 Å². The number of hydrogen-bond acceptors (Lipinski definition) is 4. The topological polar surface area (TPSA) is 73.7 Å². The molecule has 0 aromatic carbocycles. The molecule has 0 radical (unpaired) electrons. The fourth-order valence-corrected chi connectivity index (χ4v) is 4.67. The van der Waals surface area contributed by atoms with Crippen molar-refractivity contribution in [3.05, 3.63) is 29.6 Å². The number of pyridine rings is 1. The highest BCUT2D eigenvalue weighted by molar-refractivity contribution is 5.87. The number of aliphatic hydroxyl groups is 1. The summed E-state index contributed by atoms with van der Waals surface area (Å²) in [6, 6.07) is 5.89. The molecule has 6 heteroatoms. The van der Waals surface area contributed by atoms with E-state index in [9.17, 15) is 14.7 Å². The van der Waals surface area contributed by atoms with Crippen molar-refractivity contribution in [2.75, 3.05) is 19.6 Å². The third-order valence-electron chi connectivity index (χ3n) is 6.25. The van der Waals surface area contributed by atoms with E-state index in [1.807, 2.05) is 34.9 Å². The molecule has 1 N–H and O–H groups in total. The number of carbonyl (C=O) groups is 2. The highest BCUT2D eigenvalue weighted by Crippen LogP contribution is 2.41. The molecule has 1 aromatic heterocycles. The monoisotopic (exact) mass is 357 g/mol. The molecule has 1 saturated carbocycles. The Kier molecular flexibility index (Phi) is 4.47. The Hall–Kier alpha value is -1.95. The maximum atomic E-state index is 13.2. The lowest BCUT2D eigenvalue weighted by molar-refractivity contribution is -0.150. The van der Waals surface area contributed by atoms with Crippen molar-refractivity contribution in [1.82, 2.24) is 14.8 Å². The molecule has 3 heterocycles. The highest BCUT2D eigenvalue weighted by atomic mass is 16.3. The van der Waals surface area contributed by atoms with Gasteiger partial charge in [0.15, 0.2) is 0 Å². The molecule has 26 heavy (non-hydrogen) atoms. The first-order valence-corrected chi connectivity index (χ1v) is 9.66. The van der Waals surface area contributed by atoms with Crippen LogP contribution >= 0.6 is 0 Å². The van der Waals surface area contributed by atoms with Gasteiger partial charge in [-0.3, -0.25) is 14.6 Å². The number of amides is 2. The Labute approximate surface area is 154 Å². The van der Waals surface area contributed by atoms with E-state index in [1.165, 1.54) is 0 Å². The number of piperidine rings is 1. The van der Waals surface area contributed by atoms with E-state index >= 15 is 0 Å². The molecule has 0 unspecified atom stereocenters. The zero-order chi connectivity index (χ0) is 18.3. The first-order chi connectivity index (χ1) is 12.5. The minimum Gasteiger partial charge on any atom is -0.393 e. The smallest absolute Gasteiger partial charge is 0.231 e. The molecule has 2 amide bonds. The molecule has 4 rings (SSSR count). The minimum atomic E-state index is -0.417. The first kappa shape index (κ1) is 17.5. The Morgan fingerprint density at radius 1 is 1.31 bits per heavy atom. The second-order valence-corrected chi connectivity index (χ2v) is 8.21. The van der Waals surface area contributed by atoms with Gasteiger partial charge in [0.25, 0.3) is 0 Å². The summed E-state index contributed by atoms with van der Waals surface area (Å²) in [5.41, 5.74) is 1.46. The number of aryl methyl sites for hydroxylation is 1. The van der Waals surface area contributed by atoms with Gasteiger partial charge in [-0.15, -0.1) is 0 Å². The maximum absolute atomic E-state index is 13.2. The average molecular weight is 357 g/mol. The number of aromatic nitrogens is 1. The van der Waals surface area contributed by atoms with E-state index in [-0.39, 0.29) is 23.8 Å². The third kappa shape index (κ3) is 3.11. The van der Waals surface area contributed by atoms with Crippen molar-refractivity contribution in [2.45, 2.75) is 51.7 Å². The molecular weight excluding hydrogens is 330 g/mol. The van der Waals surface area contributed by atoms with Crippen LogP contribution in [0.3, 0.4) is 0 Å². The van der Waals surface area contributed by atoms with Crippen LogP contribution < -0.4 is 0 Å². The zero-order valence-electron chi connectivity index (χ0n) is 15.4. The Bertz CT molecular complexity index is 716. The lowest BCUT2D eigenvalue weighted by Gasteiger charge is -2.42. The lowest BCUT2D eigenvalue weighted by atomic mass is 9.76. The van der Waals surface area contributed by atoms with Crippen LogP contribution in [-0.2, 0) is 16.1 Å². The molecule has 3 aliphatic rings. The second-order valence-electron chi connectivity index (χ2n) is 8.21. The molecule has 1 aliphatic carbocycles. The van der Waals surface area contributed by atoms with Crippen molar-refractivity contribution in [1.29, 1.82) is 0 Å². The van der Waals surface area contributed by atoms with Gasteiger partial charge in [0, 0.05) is 31.2 Å². The summed E-state index contributed by atoms with van der Waals surface area (Å²) in [5.74, 6) is 0.247. The Balaban J connectivity index is 1.43. The summed E-state index contributed by atoms with van der Waals surface area (Å²) >= 11 is 0. The van der Waals surface area contributed by atoms with Crippen LogP contribution in [0.5, 0.6) is 0 Å². The summed E-state index contributed by atoms with van der Waals surface area (Å²) < 4.78 is 0. The molecule has 140 valence electrons. The predicted molar refractivity (Wildman–Crippen MR) is 96.0 cm³/mol. The van der Waals surface area contributed by atoms with Crippen LogP contribution in [0.1, 0.15) is 43.5 Å². The standard InChI is InChI=1S/C20H27N3O3/c1-14-4-2-5-16(21-14)12-22-9-7-20(19(22)26)6-3-8-23(13-20)18(25)15-10-17(24)11-15/h2,4-5,15,17,24H,3,6-13H2,1H3/t15?,17?,20-/m1/s1. The van der Waals surface area contributed by atoms with Gasteiger partial charge >= 0.3 is 0 Å². The fraction of sp³-hybridized carbons (Fsp3) is 0.650. The number of aliphatic hydroxyl groups excluding tert-OH is 1. The van der Waals surface area contributed by atoms with Gasteiger partial charge in [-0.2, -0.15) is 0 Å². The number of likely N-dealkylation sites (tertiary alicyclic amines) is 2. The summed E-state index contributed by atoms with van der Waals surface area (Å²) in [7, 11) is 0. The molecule has 1 spiro atoms. The van der Waals surface area contributed by atoms with Crippen LogP contribution in [0.25, 0.3) is 0 Å². The van der Waals surface area contributed by atoms with Crippen molar-refractivity contribution in [2.24, 2.45) is 11.3 Å². The molecule has 6 nitrogen and oxygen atoms in total. The maximum Gasteiger partial charge on any atom is 0.231 e. The summed E-state index contributed by atoms with van der Waals surface area (Å²) in [5, 5.41) is 9.47. The molecule has 3 fully saturated rings. The van der Waals surface area contributed by atoms with E-state index in [2.05, 4.69) is 4.98 Å². The second kappa shape index (κ2) is 6.65. The molecule has 0 bridgehead atoms. The van der Waals surface area contributed by atoms with Gasteiger partial charge in [0.1, 0.15) is 0 Å². The molecule has 1 atom stereocenters. The van der Waals surface area contributed by atoms with Crippen LogP contribution in [0.15, 0.2) is 18.2 Å². The van der Waals surface area contributed by atoms with E-state index in [1.54, 1.807) is 0 Å². The quantitative estimate of drug-likeness (QED) is 0.890. The van der Waals surface area contributed by atoms with E-state index in [4.69, 9.17) is 0 Å². The average Bonchev–Trinajstić information content (AvgIpc) is 2.88. The first-order valence-electron chi connectivity index (χ1n) is 9.66. The van der Waals surface area contributed by atoms with Crippen molar-refractivity contribution < 1.29 is 14.7 Å². The normalized spacial score (nSPS) is 31.4. The van der Waals surface area contributed by atoms with Gasteiger partial charge in [0.05, 0.1) is 23.8 Å². The Morgan fingerprint density at radius 2 is 2.12 bits per heavy atom. The van der Waals surface area contributed by atoms with Gasteiger partial charge in [-0.25, -0.2) is 0 Å². The number of nitrogens with zero attached hydrogens (tertiary/aromatic N) is 3. The molecule has 1 aromatic rings. The van der Waals surface area contributed by atoms with E-state index < -0.39 is 5.41 Å². The fourth-order valence-electron chi connectivity index (χ4n) is 4.67. The van der Waals surface area contributed by atoms with Gasteiger partial charge in [-0.05, 0) is 51.2 Å². The minimum absolute atomic E-state index is 0.0516. The van der Waals surface area contributed by atoms with Crippen molar-refractivity contribution >= 4 is 11.8 Å². The number of hydrogen-bond donors (Lipinski definition) is 1. The summed E-state index contributed by atoms with van der Waals surface area (Å²) in [4.78, 5) is 34.1. The Morgan fingerprint density at radius 3 is 2.85 bits per heavy atom. The zero-order valence-corrected chi connectivity index (χ0v) is 15.4. The van der Waals surface area contributed by atoms with Crippen molar-refractivity contribution in [3.8, 4) is 0 Å². The van der Waals surface area contributed by atoms with Gasteiger partial charge < -0.3 is 14.9 Å². The van der Waals surface area contributed by atoms with E-state index in [0.29, 0.717) is 25.9 Å². The van der Waals surface area contributed by atoms with Crippen LogP contribution in [0.4, 0.5) is 0 Å². The molecule has 2 saturated heterocycles. The summed E-state index contributed by atoms with van der Waals surface area (Å²) in [6.45, 7) is 4.51. The van der Waals surface area contributed by atoms with Gasteiger partial charge in [-0.1, -0.05) is 6.07 Å². The molecule has 2 aliphatic heterocycles. The largest absolute Gasteiger partial charge is 0.393 e. The lowest BCUT2D eigenvalue weighted by Crippen LogP contribution is -2.53. The van der Waals surface area contributed by atoms with Crippen LogP contribution in [-0.4, -0.2) is 57.4 Å². The highest BCUT2D eigenvalue weighted by Gasteiger charge is 2.50. The van der Waals surface area contributed by atoms with Gasteiger partial charge in [0.2, 0.25) is 11.8 Å². The predicted octanol–water partition coefficient (Wildman–Crippen LogP) is 1.50. The van der Waals surface area contributed by atoms with Crippen LogP contribution in [0.2, 0.25) is 0 Å². The summed E-state index contributed by atoms with van der Waals surface area (Å²) in [6.07, 6.45) is 3.37. The third-order valence-corrected chi connectivity index (χ3v) is 6.25. The van der Waals surface area contributed by atoms with Crippen LogP contribution in [0, 0.1) is 18.3 Å². The number of rotatable bonds is 3. The number of carbonyl (C=O) groups excluding carboxylic acids is 2. The SMILES string of the molecule is Cc1cccc(CN2CC[C@@]3(CCCN(C(=O)C4CC(O)C4)C3)C2=O)n1. The van der Waals surface area contributed by atoms with E-state index in [0.717, 1.165) is 43.7 Å². The molecular formula is C20H27N3O3.